The van der Waals surface area contributed by atoms with E-state index in [9.17, 15) is 14.0 Å². The van der Waals surface area contributed by atoms with Crippen LogP contribution in [0.15, 0.2) is 24.3 Å². The van der Waals surface area contributed by atoms with Crippen molar-refractivity contribution in [3.05, 3.63) is 35.6 Å². The average molecular weight is 321 g/mol. The zero-order chi connectivity index (χ0) is 16.7. The third-order valence-corrected chi connectivity index (χ3v) is 4.11. The Bertz CT molecular complexity index is 525. The molecule has 1 fully saturated rings. The topological polar surface area (TPSA) is 84.2 Å². The normalized spacial score (nSPS) is 20.8. The Morgan fingerprint density at radius 3 is 2.04 bits per heavy atom. The molecule has 0 aliphatic heterocycles. The molecule has 2 rings (SSSR count). The molecule has 0 unspecified atom stereocenters. The van der Waals surface area contributed by atoms with Gasteiger partial charge < -0.3 is 16.4 Å². The van der Waals surface area contributed by atoms with Crippen molar-refractivity contribution in [3.8, 4) is 0 Å². The zero-order valence-corrected chi connectivity index (χ0v) is 13.2. The van der Waals surface area contributed by atoms with E-state index in [1.54, 1.807) is 12.1 Å². The SMILES string of the molecule is NCCC(=O)NC1CCC(NC(=O)Cc2ccc(F)cc2)CC1. The smallest absolute Gasteiger partial charge is 0.224 e. The lowest BCUT2D eigenvalue weighted by molar-refractivity contribution is -0.123. The third-order valence-electron chi connectivity index (χ3n) is 4.11. The molecule has 126 valence electrons. The second kappa shape index (κ2) is 8.62. The molecule has 0 spiro atoms. The van der Waals surface area contributed by atoms with Crippen molar-refractivity contribution in [2.24, 2.45) is 5.73 Å². The molecule has 2 amide bonds. The van der Waals surface area contributed by atoms with Gasteiger partial charge in [-0.05, 0) is 43.4 Å². The van der Waals surface area contributed by atoms with Crippen LogP contribution < -0.4 is 16.4 Å². The maximum atomic E-state index is 12.8. The van der Waals surface area contributed by atoms with Crippen molar-refractivity contribution in [3.63, 3.8) is 0 Å². The van der Waals surface area contributed by atoms with Crippen LogP contribution in [0.5, 0.6) is 0 Å². The molecule has 0 bridgehead atoms. The van der Waals surface area contributed by atoms with Crippen molar-refractivity contribution >= 4 is 11.8 Å². The Kier molecular flexibility index (Phi) is 6.52. The van der Waals surface area contributed by atoms with Crippen molar-refractivity contribution in [2.75, 3.05) is 6.54 Å². The van der Waals surface area contributed by atoms with Crippen LogP contribution in [0.1, 0.15) is 37.7 Å². The van der Waals surface area contributed by atoms with Crippen molar-refractivity contribution in [1.82, 2.24) is 10.6 Å². The number of carbonyl (C=O) groups is 2. The molecule has 5 nitrogen and oxygen atoms in total. The lowest BCUT2D eigenvalue weighted by atomic mass is 9.91. The Hall–Kier alpha value is -1.95. The number of halogens is 1. The van der Waals surface area contributed by atoms with E-state index in [0.717, 1.165) is 31.2 Å². The van der Waals surface area contributed by atoms with Gasteiger partial charge in [-0.2, -0.15) is 0 Å². The first-order valence-corrected chi connectivity index (χ1v) is 8.10. The van der Waals surface area contributed by atoms with Crippen LogP contribution in [0.2, 0.25) is 0 Å². The van der Waals surface area contributed by atoms with Crippen LogP contribution in [0.4, 0.5) is 4.39 Å². The van der Waals surface area contributed by atoms with Gasteiger partial charge in [-0.3, -0.25) is 9.59 Å². The van der Waals surface area contributed by atoms with Crippen molar-refractivity contribution in [1.29, 1.82) is 0 Å². The zero-order valence-electron chi connectivity index (χ0n) is 13.2. The second-order valence-corrected chi connectivity index (χ2v) is 6.03. The predicted molar refractivity (Wildman–Crippen MR) is 86.1 cm³/mol. The summed E-state index contributed by atoms with van der Waals surface area (Å²) in [5.41, 5.74) is 6.15. The summed E-state index contributed by atoms with van der Waals surface area (Å²) in [5.74, 6) is -0.354. The first kappa shape index (κ1) is 17.4. The highest BCUT2D eigenvalue weighted by molar-refractivity contribution is 5.79. The summed E-state index contributed by atoms with van der Waals surface area (Å²) in [6.45, 7) is 0.362. The maximum Gasteiger partial charge on any atom is 0.224 e. The maximum absolute atomic E-state index is 12.8. The molecule has 1 aliphatic rings. The van der Waals surface area contributed by atoms with Gasteiger partial charge in [0, 0.05) is 25.0 Å². The van der Waals surface area contributed by atoms with E-state index in [0.29, 0.717) is 13.0 Å². The van der Waals surface area contributed by atoms with Gasteiger partial charge in [0.25, 0.3) is 0 Å². The molecular weight excluding hydrogens is 297 g/mol. The minimum atomic E-state index is -0.302. The molecule has 6 heteroatoms. The summed E-state index contributed by atoms with van der Waals surface area (Å²) in [6, 6.07) is 6.29. The quantitative estimate of drug-likeness (QED) is 0.737. The van der Waals surface area contributed by atoms with Gasteiger partial charge in [-0.1, -0.05) is 12.1 Å². The van der Waals surface area contributed by atoms with Gasteiger partial charge in [-0.15, -0.1) is 0 Å². The van der Waals surface area contributed by atoms with Crippen molar-refractivity contribution in [2.45, 2.75) is 50.6 Å². The van der Waals surface area contributed by atoms with E-state index in [-0.39, 0.29) is 36.1 Å². The number of nitrogens with one attached hydrogen (secondary N) is 2. The molecule has 1 saturated carbocycles. The number of amides is 2. The van der Waals surface area contributed by atoms with E-state index < -0.39 is 0 Å². The van der Waals surface area contributed by atoms with E-state index in [2.05, 4.69) is 10.6 Å². The Labute approximate surface area is 135 Å². The molecule has 4 N–H and O–H groups in total. The van der Waals surface area contributed by atoms with Gasteiger partial charge in [0.2, 0.25) is 11.8 Å². The lowest BCUT2D eigenvalue weighted by Gasteiger charge is -2.29. The fourth-order valence-corrected chi connectivity index (χ4v) is 2.88. The van der Waals surface area contributed by atoms with Gasteiger partial charge >= 0.3 is 0 Å². The largest absolute Gasteiger partial charge is 0.353 e. The van der Waals surface area contributed by atoms with E-state index in [4.69, 9.17) is 5.73 Å². The van der Waals surface area contributed by atoms with Gasteiger partial charge in [0.1, 0.15) is 5.82 Å². The summed E-state index contributed by atoms with van der Waals surface area (Å²) >= 11 is 0. The number of benzene rings is 1. The number of rotatable bonds is 6. The summed E-state index contributed by atoms with van der Waals surface area (Å²) in [5, 5.41) is 5.99. The summed E-state index contributed by atoms with van der Waals surface area (Å²) in [4.78, 5) is 23.5. The third kappa shape index (κ3) is 5.98. The molecule has 1 aromatic rings. The summed E-state index contributed by atoms with van der Waals surface area (Å²) < 4.78 is 12.8. The van der Waals surface area contributed by atoms with E-state index in [1.165, 1.54) is 12.1 Å². The molecule has 0 aromatic heterocycles. The minimum absolute atomic E-state index is 0.00343. The Morgan fingerprint density at radius 1 is 1.00 bits per heavy atom. The highest BCUT2D eigenvalue weighted by atomic mass is 19.1. The first-order valence-electron chi connectivity index (χ1n) is 8.10. The first-order chi connectivity index (χ1) is 11.1. The summed E-state index contributed by atoms with van der Waals surface area (Å²) in [7, 11) is 0. The predicted octanol–water partition coefficient (Wildman–Crippen LogP) is 1.26. The monoisotopic (exact) mass is 321 g/mol. The number of nitrogens with two attached hydrogens (primary N) is 1. The van der Waals surface area contributed by atoms with Crippen LogP contribution in [0.25, 0.3) is 0 Å². The molecule has 1 aromatic carbocycles. The molecule has 23 heavy (non-hydrogen) atoms. The van der Waals surface area contributed by atoms with Crippen LogP contribution in [0, 0.1) is 5.82 Å². The molecular formula is C17H24FN3O2. The molecule has 1 aliphatic carbocycles. The number of hydrogen-bond donors (Lipinski definition) is 3. The van der Waals surface area contributed by atoms with Gasteiger partial charge in [0.05, 0.1) is 6.42 Å². The standard InChI is InChI=1S/C17H24FN3O2/c18-13-3-1-12(2-4-13)11-17(23)21-15-7-5-14(6-8-15)20-16(22)9-10-19/h1-4,14-15H,5-11,19H2,(H,20,22)(H,21,23). The Morgan fingerprint density at radius 2 is 1.52 bits per heavy atom. The highest BCUT2D eigenvalue weighted by Crippen LogP contribution is 2.19. The van der Waals surface area contributed by atoms with E-state index >= 15 is 0 Å². The fourth-order valence-electron chi connectivity index (χ4n) is 2.88. The van der Waals surface area contributed by atoms with Crippen molar-refractivity contribution < 1.29 is 14.0 Å². The van der Waals surface area contributed by atoms with Crippen LogP contribution in [0.3, 0.4) is 0 Å². The van der Waals surface area contributed by atoms with Crippen LogP contribution in [-0.4, -0.2) is 30.4 Å². The highest BCUT2D eigenvalue weighted by Gasteiger charge is 2.23. The van der Waals surface area contributed by atoms with Gasteiger partial charge in [0.15, 0.2) is 0 Å². The van der Waals surface area contributed by atoms with Crippen LogP contribution in [-0.2, 0) is 16.0 Å². The summed E-state index contributed by atoms with van der Waals surface area (Å²) in [6.07, 6.45) is 4.03. The molecule has 0 saturated heterocycles. The average Bonchev–Trinajstić information content (AvgIpc) is 2.52. The molecule has 0 heterocycles. The minimum Gasteiger partial charge on any atom is -0.353 e. The Balaban J connectivity index is 1.70. The lowest BCUT2D eigenvalue weighted by Crippen LogP contribution is -2.44. The van der Waals surface area contributed by atoms with E-state index in [1.807, 2.05) is 0 Å². The number of hydrogen-bond acceptors (Lipinski definition) is 3. The van der Waals surface area contributed by atoms with Gasteiger partial charge in [-0.25, -0.2) is 4.39 Å². The van der Waals surface area contributed by atoms with Crippen LogP contribution >= 0.6 is 0 Å². The molecule has 0 radical (unpaired) electrons. The molecule has 0 atom stereocenters. The second-order valence-electron chi connectivity index (χ2n) is 6.03. The number of carbonyl (C=O) groups excluding carboxylic acids is 2. The fraction of sp³-hybridized carbons (Fsp3) is 0.529.